The van der Waals surface area contributed by atoms with Crippen molar-refractivity contribution in [2.45, 2.75) is 26.4 Å². The Morgan fingerprint density at radius 2 is 1.56 bits per heavy atom. The second-order valence-electron chi connectivity index (χ2n) is 9.18. The third kappa shape index (κ3) is 3.77. The molecule has 1 N–H and O–H groups in total. The maximum absolute atomic E-state index is 13.9. The van der Waals surface area contributed by atoms with Gasteiger partial charge in [-0.2, -0.15) is 5.10 Å². The molecule has 0 fully saturated rings. The summed E-state index contributed by atoms with van der Waals surface area (Å²) in [5.41, 5.74) is 6.89. The summed E-state index contributed by atoms with van der Waals surface area (Å²) in [4.78, 5) is 15.8. The first kappa shape index (κ1) is 21.9. The Morgan fingerprint density at radius 3 is 2.28 bits per heavy atom. The average molecular weight is 474 g/mol. The topological polar surface area (TPSA) is 55.1 Å². The van der Waals surface area contributed by atoms with E-state index in [1.807, 2.05) is 90.2 Å². The molecule has 0 bridgehead atoms. The molecule has 3 aromatic carbocycles. The highest BCUT2D eigenvalue weighted by atomic mass is 16.2. The van der Waals surface area contributed by atoms with Gasteiger partial charge < -0.3 is 14.8 Å². The summed E-state index contributed by atoms with van der Waals surface area (Å²) in [6.45, 7) is 4.47. The SMILES string of the molecule is Cc1ccc(NC(=O)N2Cc3c(C)nn(-c4ccccc4)c3-n3cccc3C2c2ccccc2)cc1. The van der Waals surface area contributed by atoms with Crippen molar-refractivity contribution in [3.63, 3.8) is 0 Å². The standard InChI is InChI=1S/C30H27N5O/c1-21-15-17-24(18-16-21)31-30(36)34-20-26-22(2)32-35(25-12-7-4-8-13-25)29(26)33-19-9-14-27(33)28(34)23-10-5-3-6-11-23/h3-19,28H,20H2,1-2H3,(H,31,36). The molecule has 2 amide bonds. The van der Waals surface area contributed by atoms with Crippen LogP contribution < -0.4 is 5.32 Å². The molecule has 6 nitrogen and oxygen atoms in total. The minimum Gasteiger partial charge on any atom is -0.308 e. The Balaban J connectivity index is 1.52. The number of anilines is 1. The van der Waals surface area contributed by atoms with E-state index in [2.05, 4.69) is 46.4 Å². The van der Waals surface area contributed by atoms with E-state index in [0.29, 0.717) is 6.54 Å². The quantitative estimate of drug-likeness (QED) is 0.329. The van der Waals surface area contributed by atoms with Crippen molar-refractivity contribution in [3.8, 4) is 11.5 Å². The highest BCUT2D eigenvalue weighted by molar-refractivity contribution is 5.90. The van der Waals surface area contributed by atoms with Crippen LogP contribution in [0, 0.1) is 13.8 Å². The Kier molecular flexibility index (Phi) is 5.41. The molecule has 0 aliphatic carbocycles. The van der Waals surface area contributed by atoms with E-state index in [1.54, 1.807) is 0 Å². The lowest BCUT2D eigenvalue weighted by Gasteiger charge is -2.31. The van der Waals surface area contributed by atoms with Gasteiger partial charge in [0.05, 0.1) is 29.7 Å². The number of amides is 2. The molecule has 6 heteroatoms. The van der Waals surface area contributed by atoms with E-state index in [9.17, 15) is 4.79 Å². The minimum atomic E-state index is -0.275. The van der Waals surface area contributed by atoms with Gasteiger partial charge in [-0.1, -0.05) is 66.2 Å². The molecule has 3 heterocycles. The molecule has 1 atom stereocenters. The maximum Gasteiger partial charge on any atom is 0.322 e. The summed E-state index contributed by atoms with van der Waals surface area (Å²) in [7, 11) is 0. The van der Waals surface area contributed by atoms with E-state index >= 15 is 0 Å². The van der Waals surface area contributed by atoms with Crippen molar-refractivity contribution in [2.24, 2.45) is 0 Å². The lowest BCUT2D eigenvalue weighted by Crippen LogP contribution is -2.38. The number of hydrogen-bond acceptors (Lipinski definition) is 2. The van der Waals surface area contributed by atoms with Gasteiger partial charge in [-0.15, -0.1) is 0 Å². The Morgan fingerprint density at radius 1 is 0.861 bits per heavy atom. The van der Waals surface area contributed by atoms with Gasteiger partial charge in [-0.25, -0.2) is 9.48 Å². The molecule has 1 unspecified atom stereocenters. The number of aromatic nitrogens is 3. The summed E-state index contributed by atoms with van der Waals surface area (Å²) in [5.74, 6) is 0.963. The van der Waals surface area contributed by atoms with Gasteiger partial charge in [0, 0.05) is 17.4 Å². The van der Waals surface area contributed by atoms with Crippen LogP contribution in [0.4, 0.5) is 10.5 Å². The zero-order chi connectivity index (χ0) is 24.6. The summed E-state index contributed by atoms with van der Waals surface area (Å²) in [6, 6.07) is 31.9. The number of aryl methyl sites for hydroxylation is 2. The summed E-state index contributed by atoms with van der Waals surface area (Å²) in [5, 5.41) is 8.03. The molecule has 1 aliphatic rings. The fourth-order valence-electron chi connectivity index (χ4n) is 4.97. The van der Waals surface area contributed by atoms with E-state index < -0.39 is 0 Å². The number of para-hydroxylation sites is 1. The van der Waals surface area contributed by atoms with Gasteiger partial charge in [0.15, 0.2) is 0 Å². The van der Waals surface area contributed by atoms with E-state index in [-0.39, 0.29) is 12.1 Å². The van der Waals surface area contributed by atoms with Crippen molar-refractivity contribution in [1.29, 1.82) is 0 Å². The number of urea groups is 1. The molecule has 5 aromatic rings. The molecule has 1 aliphatic heterocycles. The van der Waals surface area contributed by atoms with Crippen molar-refractivity contribution in [1.82, 2.24) is 19.2 Å². The Bertz CT molecular complexity index is 1520. The van der Waals surface area contributed by atoms with E-state index in [4.69, 9.17) is 5.10 Å². The third-order valence-electron chi connectivity index (χ3n) is 6.77. The van der Waals surface area contributed by atoms with Crippen LogP contribution in [-0.2, 0) is 6.54 Å². The molecular weight excluding hydrogens is 446 g/mol. The van der Waals surface area contributed by atoms with Crippen molar-refractivity contribution in [2.75, 3.05) is 5.32 Å². The molecule has 2 aromatic heterocycles. The van der Waals surface area contributed by atoms with Crippen LogP contribution in [0.2, 0.25) is 0 Å². The lowest BCUT2D eigenvalue weighted by molar-refractivity contribution is 0.194. The normalized spacial score (nSPS) is 14.6. The van der Waals surface area contributed by atoms with Gasteiger partial charge in [-0.3, -0.25) is 0 Å². The first-order valence-electron chi connectivity index (χ1n) is 12.1. The molecule has 0 radical (unpaired) electrons. The lowest BCUT2D eigenvalue weighted by atomic mass is 10.0. The highest BCUT2D eigenvalue weighted by Gasteiger charge is 2.35. The molecule has 0 saturated heterocycles. The zero-order valence-corrected chi connectivity index (χ0v) is 20.3. The maximum atomic E-state index is 13.9. The summed E-state index contributed by atoms with van der Waals surface area (Å²) < 4.78 is 4.16. The number of nitrogens with one attached hydrogen (secondary N) is 1. The second-order valence-corrected chi connectivity index (χ2v) is 9.18. The average Bonchev–Trinajstić information content (AvgIpc) is 3.47. The fourth-order valence-corrected chi connectivity index (χ4v) is 4.97. The van der Waals surface area contributed by atoms with Crippen molar-refractivity contribution >= 4 is 11.7 Å². The van der Waals surface area contributed by atoms with Crippen LogP contribution in [0.1, 0.15) is 34.1 Å². The monoisotopic (exact) mass is 473 g/mol. The first-order valence-corrected chi connectivity index (χ1v) is 12.1. The summed E-state index contributed by atoms with van der Waals surface area (Å²) >= 11 is 0. The van der Waals surface area contributed by atoms with Crippen molar-refractivity contribution in [3.05, 3.63) is 131 Å². The van der Waals surface area contributed by atoms with E-state index in [1.165, 1.54) is 0 Å². The predicted molar refractivity (Wildman–Crippen MR) is 142 cm³/mol. The smallest absolute Gasteiger partial charge is 0.308 e. The van der Waals surface area contributed by atoms with Crippen LogP contribution in [0.25, 0.3) is 11.5 Å². The number of nitrogens with zero attached hydrogens (tertiary/aromatic N) is 4. The van der Waals surface area contributed by atoms with Crippen LogP contribution in [-0.4, -0.2) is 25.3 Å². The number of carbonyl (C=O) groups excluding carboxylic acids is 1. The second kappa shape index (κ2) is 8.89. The molecule has 6 rings (SSSR count). The third-order valence-corrected chi connectivity index (χ3v) is 6.77. The Labute approximate surface area is 210 Å². The van der Waals surface area contributed by atoms with Gasteiger partial charge in [-0.05, 0) is 55.8 Å². The zero-order valence-electron chi connectivity index (χ0n) is 20.3. The first-order chi connectivity index (χ1) is 17.6. The number of carbonyl (C=O) groups is 1. The number of benzene rings is 3. The van der Waals surface area contributed by atoms with Gasteiger partial charge in [0.25, 0.3) is 0 Å². The summed E-state index contributed by atoms with van der Waals surface area (Å²) in [6.07, 6.45) is 2.06. The van der Waals surface area contributed by atoms with Crippen LogP contribution in [0.15, 0.2) is 103 Å². The number of hydrogen-bond donors (Lipinski definition) is 1. The van der Waals surface area contributed by atoms with Crippen LogP contribution >= 0.6 is 0 Å². The van der Waals surface area contributed by atoms with Gasteiger partial charge >= 0.3 is 6.03 Å². The van der Waals surface area contributed by atoms with Gasteiger partial charge in [0.1, 0.15) is 5.82 Å². The Hall–Kier alpha value is -4.58. The van der Waals surface area contributed by atoms with Gasteiger partial charge in [0.2, 0.25) is 0 Å². The van der Waals surface area contributed by atoms with Crippen molar-refractivity contribution < 1.29 is 4.79 Å². The van der Waals surface area contributed by atoms with Crippen LogP contribution in [0.5, 0.6) is 0 Å². The molecule has 0 spiro atoms. The number of fused-ring (bicyclic) bond motifs is 3. The largest absolute Gasteiger partial charge is 0.322 e. The highest BCUT2D eigenvalue weighted by Crippen LogP contribution is 2.38. The molecule has 0 saturated carbocycles. The predicted octanol–water partition coefficient (Wildman–Crippen LogP) is 6.42. The van der Waals surface area contributed by atoms with Crippen LogP contribution in [0.3, 0.4) is 0 Å². The minimum absolute atomic E-state index is 0.153. The molecule has 36 heavy (non-hydrogen) atoms. The number of rotatable bonds is 3. The van der Waals surface area contributed by atoms with E-state index in [0.717, 1.165) is 45.3 Å². The fraction of sp³-hybridized carbons (Fsp3) is 0.133. The molecular formula is C30H27N5O. The molecule has 178 valence electrons.